The highest BCUT2D eigenvalue weighted by molar-refractivity contribution is 6.08. The van der Waals surface area contributed by atoms with Crippen LogP contribution in [-0.2, 0) is 0 Å². The van der Waals surface area contributed by atoms with Crippen LogP contribution in [-0.4, -0.2) is 63.3 Å². The Bertz CT molecular complexity index is 1310. The number of alkyl halides is 3. The average molecular weight is 488 g/mol. The molecule has 0 aliphatic carbocycles. The number of aryl methyl sites for hydroxylation is 1. The Morgan fingerprint density at radius 3 is 2.83 bits per heavy atom. The first kappa shape index (κ1) is 23.0. The Balaban J connectivity index is 1.41. The molecule has 1 unspecified atom stereocenters. The quantitative estimate of drug-likeness (QED) is 0.470. The molecule has 0 aromatic carbocycles. The van der Waals surface area contributed by atoms with E-state index < -0.39 is 36.9 Å². The number of carbonyl (C=O) groups is 2. The molecule has 3 aromatic heterocycles. The number of H-pyrrole nitrogens is 1. The number of pyridine rings is 2. The third-order valence-electron chi connectivity index (χ3n) is 6.35. The molecule has 3 aromatic rings. The van der Waals surface area contributed by atoms with E-state index >= 15 is 0 Å². The van der Waals surface area contributed by atoms with Crippen LogP contribution in [0.2, 0.25) is 0 Å². The molecule has 1 fully saturated rings. The highest BCUT2D eigenvalue weighted by Crippen LogP contribution is 2.39. The minimum Gasteiger partial charge on any atom is -0.366 e. The predicted octanol–water partition coefficient (Wildman–Crippen LogP) is 3.14. The van der Waals surface area contributed by atoms with Gasteiger partial charge in [0.05, 0.1) is 17.1 Å². The third-order valence-corrected chi connectivity index (χ3v) is 6.35. The first-order chi connectivity index (χ1) is 16.6. The molecule has 4 N–H and O–H groups in total. The number of aromatic amines is 1. The van der Waals surface area contributed by atoms with Gasteiger partial charge < -0.3 is 10.6 Å². The van der Waals surface area contributed by atoms with Crippen molar-refractivity contribution in [2.45, 2.75) is 44.4 Å². The van der Waals surface area contributed by atoms with Crippen molar-refractivity contribution in [1.29, 1.82) is 0 Å². The first-order valence-corrected chi connectivity index (χ1v) is 11.1. The predicted molar refractivity (Wildman–Crippen MR) is 123 cm³/mol. The van der Waals surface area contributed by atoms with Crippen LogP contribution in [0.25, 0.3) is 11.0 Å². The fourth-order valence-corrected chi connectivity index (χ4v) is 4.46. The highest BCUT2D eigenvalue weighted by atomic mass is 19.4. The molecule has 5 heterocycles. The zero-order valence-corrected chi connectivity index (χ0v) is 18.8. The molecule has 2 aliphatic rings. The molecule has 2 aliphatic heterocycles. The van der Waals surface area contributed by atoms with Crippen LogP contribution in [0.15, 0.2) is 24.3 Å². The smallest absolute Gasteiger partial charge is 0.366 e. The van der Waals surface area contributed by atoms with Gasteiger partial charge in [-0.25, -0.2) is 14.8 Å². The number of urea groups is 1. The average Bonchev–Trinajstić information content (AvgIpc) is 3.41. The highest BCUT2D eigenvalue weighted by Gasteiger charge is 2.41. The molecule has 1 saturated heterocycles. The van der Waals surface area contributed by atoms with Gasteiger partial charge in [-0.1, -0.05) is 0 Å². The molecular formula is C22H23F3N8O2. The molecular weight excluding hydrogens is 465 g/mol. The van der Waals surface area contributed by atoms with Crippen LogP contribution >= 0.6 is 0 Å². The second-order valence-corrected chi connectivity index (χ2v) is 8.76. The van der Waals surface area contributed by atoms with E-state index in [-0.39, 0.29) is 17.6 Å². The van der Waals surface area contributed by atoms with Gasteiger partial charge in [0, 0.05) is 25.2 Å². The normalized spacial score (nSPS) is 18.0. The van der Waals surface area contributed by atoms with Crippen LogP contribution in [0.4, 0.5) is 35.3 Å². The largest absolute Gasteiger partial charge is 0.403 e. The Kier molecular flexibility index (Phi) is 5.58. The summed E-state index contributed by atoms with van der Waals surface area (Å²) in [6.07, 6.45) is -4.82. The van der Waals surface area contributed by atoms with E-state index in [0.29, 0.717) is 42.0 Å². The number of Topliss-reactive ketones (excluding diaryl/α,β-unsaturated/α-hetero) is 1. The summed E-state index contributed by atoms with van der Waals surface area (Å²) in [5.74, 6) is 0.0318. The van der Waals surface area contributed by atoms with Gasteiger partial charge in [-0.05, 0) is 44.0 Å². The fourth-order valence-electron chi connectivity index (χ4n) is 4.46. The van der Waals surface area contributed by atoms with Gasteiger partial charge in [-0.15, -0.1) is 0 Å². The van der Waals surface area contributed by atoms with Crippen molar-refractivity contribution >= 4 is 40.2 Å². The summed E-state index contributed by atoms with van der Waals surface area (Å²) < 4.78 is 38.1. The number of fused-ring (bicyclic) bond motifs is 5. The molecule has 5 rings (SSSR count). The summed E-state index contributed by atoms with van der Waals surface area (Å²) in [6, 6.07) is 4.03. The fraction of sp³-hybridized carbons (Fsp3) is 0.409. The van der Waals surface area contributed by atoms with Crippen molar-refractivity contribution in [3.05, 3.63) is 35.7 Å². The minimum absolute atomic E-state index is 0.0108. The van der Waals surface area contributed by atoms with E-state index in [0.717, 1.165) is 5.69 Å². The zero-order valence-electron chi connectivity index (χ0n) is 18.8. The summed E-state index contributed by atoms with van der Waals surface area (Å²) in [5.41, 5.74) is 7.13. The monoisotopic (exact) mass is 488 g/mol. The molecule has 35 heavy (non-hydrogen) atoms. The van der Waals surface area contributed by atoms with Crippen LogP contribution in [0.3, 0.4) is 0 Å². The summed E-state index contributed by atoms with van der Waals surface area (Å²) in [5, 5.41) is 10.4. The van der Waals surface area contributed by atoms with Gasteiger partial charge in [0.2, 0.25) is 0 Å². The number of halogens is 3. The Labute approximate surface area is 197 Å². The number of amides is 2. The van der Waals surface area contributed by atoms with E-state index in [1.165, 1.54) is 11.0 Å². The van der Waals surface area contributed by atoms with Crippen molar-refractivity contribution in [3.8, 4) is 0 Å². The number of nitrogens with two attached hydrogens (primary N) is 1. The molecule has 0 radical (unpaired) electrons. The van der Waals surface area contributed by atoms with Gasteiger partial charge in [0.1, 0.15) is 11.7 Å². The number of nitrogens with zero attached hydrogens (tertiary/aromatic N) is 5. The van der Waals surface area contributed by atoms with Crippen LogP contribution in [0, 0.1) is 6.92 Å². The SMILES string of the molecule is Cc1ccc2c(NC(=O)N3c4nc(C(=O)CCC(N)C(F)(F)F)ccc4N4CC[C@H]3C4)n[nH]c2n1. The van der Waals surface area contributed by atoms with E-state index in [2.05, 4.69) is 30.4 Å². The number of ketones is 1. The number of nitrogens with one attached hydrogen (secondary N) is 2. The van der Waals surface area contributed by atoms with Gasteiger partial charge >= 0.3 is 12.2 Å². The minimum atomic E-state index is -4.57. The molecule has 0 spiro atoms. The lowest BCUT2D eigenvalue weighted by molar-refractivity contribution is -0.148. The van der Waals surface area contributed by atoms with Crippen molar-refractivity contribution < 1.29 is 22.8 Å². The second kappa shape index (κ2) is 8.48. The Morgan fingerprint density at radius 1 is 1.26 bits per heavy atom. The maximum absolute atomic E-state index is 13.4. The molecule has 0 saturated carbocycles. The molecule has 10 nitrogen and oxygen atoms in total. The molecule has 2 amide bonds. The molecule has 13 heteroatoms. The zero-order chi connectivity index (χ0) is 24.9. The standard InChI is InChI=1S/C22H23F3N8O2/c1-11-2-3-13-18(27-11)30-31-19(13)29-21(35)33-12-8-9-32(10-12)15-5-4-14(28-20(15)33)16(34)6-7-17(26)22(23,24)25/h2-5,12,17H,6-10,26H2,1H3,(H2,27,29,30,31,35)/t12-,17?/m0/s1. The summed E-state index contributed by atoms with van der Waals surface area (Å²) >= 11 is 0. The first-order valence-electron chi connectivity index (χ1n) is 11.1. The van der Waals surface area contributed by atoms with E-state index in [4.69, 9.17) is 5.73 Å². The number of carbonyl (C=O) groups excluding carboxylic acids is 2. The van der Waals surface area contributed by atoms with Crippen molar-refractivity contribution in [1.82, 2.24) is 20.2 Å². The van der Waals surface area contributed by atoms with Gasteiger partial charge in [-0.2, -0.15) is 18.3 Å². The van der Waals surface area contributed by atoms with Crippen LogP contribution in [0.1, 0.15) is 35.4 Å². The Hall–Kier alpha value is -3.74. The number of anilines is 3. The van der Waals surface area contributed by atoms with Gasteiger partial charge in [-0.3, -0.25) is 20.1 Å². The maximum Gasteiger partial charge on any atom is 0.403 e. The third kappa shape index (κ3) is 4.27. The van der Waals surface area contributed by atoms with E-state index in [1.807, 2.05) is 13.0 Å². The number of rotatable bonds is 5. The molecule has 2 atom stereocenters. The maximum atomic E-state index is 13.4. The lowest BCUT2D eigenvalue weighted by Gasteiger charge is -2.35. The number of hydrogen-bond donors (Lipinski definition) is 3. The van der Waals surface area contributed by atoms with Crippen LogP contribution < -0.4 is 20.9 Å². The van der Waals surface area contributed by atoms with Crippen LogP contribution in [0.5, 0.6) is 0 Å². The molecule has 2 bridgehead atoms. The summed E-state index contributed by atoms with van der Waals surface area (Å²) in [4.78, 5) is 38.3. The molecule has 184 valence electrons. The Morgan fingerprint density at radius 2 is 2.06 bits per heavy atom. The lowest BCUT2D eigenvalue weighted by atomic mass is 10.1. The van der Waals surface area contributed by atoms with Crippen molar-refractivity contribution in [2.24, 2.45) is 5.73 Å². The van der Waals surface area contributed by atoms with Gasteiger partial charge in [0.25, 0.3) is 0 Å². The number of aromatic nitrogens is 4. The van der Waals surface area contributed by atoms with E-state index in [1.54, 1.807) is 12.1 Å². The second-order valence-electron chi connectivity index (χ2n) is 8.76. The summed E-state index contributed by atoms with van der Waals surface area (Å²) in [7, 11) is 0. The van der Waals surface area contributed by atoms with Crippen molar-refractivity contribution in [3.63, 3.8) is 0 Å². The topological polar surface area (TPSA) is 133 Å². The van der Waals surface area contributed by atoms with Gasteiger partial charge in [0.15, 0.2) is 23.1 Å². The number of hydrogen-bond acceptors (Lipinski definition) is 7. The van der Waals surface area contributed by atoms with E-state index in [9.17, 15) is 22.8 Å². The van der Waals surface area contributed by atoms with Crippen molar-refractivity contribution in [2.75, 3.05) is 28.2 Å². The lowest BCUT2D eigenvalue weighted by Crippen LogP contribution is -2.48. The summed E-state index contributed by atoms with van der Waals surface area (Å²) in [6.45, 7) is 3.17.